The highest BCUT2D eigenvalue weighted by atomic mass is 16.5. The highest BCUT2D eigenvalue weighted by Gasteiger charge is 2.47. The predicted octanol–water partition coefficient (Wildman–Crippen LogP) is 4.95. The summed E-state index contributed by atoms with van der Waals surface area (Å²) >= 11 is 0. The third kappa shape index (κ3) is 3.74. The Kier molecular flexibility index (Phi) is 5.68. The molecule has 33 heavy (non-hydrogen) atoms. The van der Waals surface area contributed by atoms with Crippen molar-refractivity contribution in [2.75, 3.05) is 12.0 Å². The summed E-state index contributed by atoms with van der Waals surface area (Å²) in [7, 11) is 1.57. The van der Waals surface area contributed by atoms with Gasteiger partial charge in [0.1, 0.15) is 17.3 Å². The van der Waals surface area contributed by atoms with Crippen molar-refractivity contribution in [2.45, 2.75) is 26.8 Å². The number of phenolic OH excluding ortho intramolecular Hbond substituents is 1. The Bertz CT molecular complexity index is 1310. The van der Waals surface area contributed by atoms with Crippen LogP contribution in [-0.2, 0) is 9.59 Å². The van der Waals surface area contributed by atoms with Crippen LogP contribution >= 0.6 is 0 Å². The summed E-state index contributed by atoms with van der Waals surface area (Å²) in [6.07, 6.45) is 0. The van der Waals surface area contributed by atoms with Gasteiger partial charge in [0.2, 0.25) is 0 Å². The zero-order chi connectivity index (χ0) is 23.9. The molecule has 1 unspecified atom stereocenters. The van der Waals surface area contributed by atoms with Crippen LogP contribution in [0.25, 0.3) is 5.76 Å². The molecule has 0 aromatic heterocycles. The van der Waals surface area contributed by atoms with Crippen molar-refractivity contribution in [1.29, 1.82) is 0 Å². The molecular formula is C27H25NO5. The summed E-state index contributed by atoms with van der Waals surface area (Å²) in [6.45, 7) is 5.50. The topological polar surface area (TPSA) is 87.1 Å². The molecule has 1 heterocycles. The number of methoxy groups -OCH3 is 1. The third-order valence-corrected chi connectivity index (χ3v) is 6.00. The maximum Gasteiger partial charge on any atom is 0.300 e. The lowest BCUT2D eigenvalue weighted by Gasteiger charge is -2.27. The molecule has 6 heteroatoms. The molecule has 1 saturated heterocycles. The first-order valence-electron chi connectivity index (χ1n) is 10.6. The summed E-state index contributed by atoms with van der Waals surface area (Å²) in [5.41, 5.74) is 3.79. The number of benzene rings is 3. The van der Waals surface area contributed by atoms with E-state index in [1.54, 1.807) is 50.4 Å². The number of para-hydroxylation sites is 1. The Morgan fingerprint density at radius 1 is 0.909 bits per heavy atom. The number of Topliss-reactive ketones (excluding diaryl/α,β-unsaturated/α-hetero) is 1. The summed E-state index contributed by atoms with van der Waals surface area (Å²) < 4.78 is 5.36. The number of carbonyl (C=O) groups is 2. The van der Waals surface area contributed by atoms with E-state index in [4.69, 9.17) is 4.74 Å². The molecule has 1 amide bonds. The number of ketones is 1. The van der Waals surface area contributed by atoms with E-state index in [1.165, 1.54) is 17.0 Å². The molecule has 3 aromatic carbocycles. The highest BCUT2D eigenvalue weighted by molar-refractivity contribution is 6.51. The first-order chi connectivity index (χ1) is 15.7. The van der Waals surface area contributed by atoms with Gasteiger partial charge in [-0.15, -0.1) is 0 Å². The van der Waals surface area contributed by atoms with Crippen LogP contribution in [0, 0.1) is 20.8 Å². The van der Waals surface area contributed by atoms with Gasteiger partial charge >= 0.3 is 0 Å². The molecular weight excluding hydrogens is 418 g/mol. The van der Waals surface area contributed by atoms with Crippen molar-refractivity contribution in [3.8, 4) is 11.5 Å². The number of nitrogens with zero attached hydrogens (tertiary/aromatic N) is 1. The zero-order valence-electron chi connectivity index (χ0n) is 18.9. The van der Waals surface area contributed by atoms with Gasteiger partial charge in [-0.1, -0.05) is 30.3 Å². The molecule has 0 radical (unpaired) electrons. The number of aryl methyl sites for hydroxylation is 3. The van der Waals surface area contributed by atoms with Crippen molar-refractivity contribution >= 4 is 23.1 Å². The van der Waals surface area contributed by atoms with Gasteiger partial charge in [0.15, 0.2) is 0 Å². The van der Waals surface area contributed by atoms with E-state index in [0.29, 0.717) is 28.1 Å². The Morgan fingerprint density at radius 2 is 1.64 bits per heavy atom. The van der Waals surface area contributed by atoms with Gasteiger partial charge in [0.25, 0.3) is 11.7 Å². The quantitative estimate of drug-likeness (QED) is 0.338. The lowest BCUT2D eigenvalue weighted by molar-refractivity contribution is -0.132. The smallest absolute Gasteiger partial charge is 0.300 e. The predicted molar refractivity (Wildman–Crippen MR) is 127 cm³/mol. The van der Waals surface area contributed by atoms with E-state index >= 15 is 0 Å². The molecule has 168 valence electrons. The van der Waals surface area contributed by atoms with Crippen LogP contribution in [0.1, 0.15) is 33.9 Å². The molecule has 3 aromatic rings. The van der Waals surface area contributed by atoms with Crippen molar-refractivity contribution in [2.24, 2.45) is 0 Å². The molecule has 0 aliphatic carbocycles. The van der Waals surface area contributed by atoms with Crippen LogP contribution in [0.2, 0.25) is 0 Å². The average molecular weight is 443 g/mol. The molecule has 1 fully saturated rings. The number of ether oxygens (including phenoxy) is 1. The number of phenols is 1. The second-order valence-corrected chi connectivity index (χ2v) is 8.19. The van der Waals surface area contributed by atoms with Crippen LogP contribution in [0.5, 0.6) is 11.5 Å². The van der Waals surface area contributed by atoms with Crippen molar-refractivity contribution < 1.29 is 24.5 Å². The fraction of sp³-hybridized carbons (Fsp3) is 0.185. The molecule has 2 N–H and O–H groups in total. The summed E-state index contributed by atoms with van der Waals surface area (Å²) in [5, 5.41) is 21.5. The van der Waals surface area contributed by atoms with Crippen molar-refractivity contribution in [3.05, 3.63) is 94.1 Å². The summed E-state index contributed by atoms with van der Waals surface area (Å²) in [5.74, 6) is -1.12. The Balaban J connectivity index is 2.00. The van der Waals surface area contributed by atoms with Crippen LogP contribution in [-0.4, -0.2) is 29.0 Å². The monoisotopic (exact) mass is 443 g/mol. The number of hydrogen-bond donors (Lipinski definition) is 2. The van der Waals surface area contributed by atoms with E-state index < -0.39 is 17.7 Å². The number of rotatable bonds is 4. The minimum absolute atomic E-state index is 0.000608. The summed E-state index contributed by atoms with van der Waals surface area (Å²) in [6, 6.07) is 16.3. The maximum absolute atomic E-state index is 13.3. The van der Waals surface area contributed by atoms with Crippen LogP contribution in [0.3, 0.4) is 0 Å². The largest absolute Gasteiger partial charge is 0.508 e. The van der Waals surface area contributed by atoms with Crippen molar-refractivity contribution in [3.63, 3.8) is 0 Å². The van der Waals surface area contributed by atoms with E-state index in [2.05, 4.69) is 0 Å². The number of amides is 1. The Morgan fingerprint density at radius 3 is 2.30 bits per heavy atom. The lowest BCUT2D eigenvalue weighted by Crippen LogP contribution is -2.30. The van der Waals surface area contributed by atoms with E-state index in [-0.39, 0.29) is 17.1 Å². The Hall–Kier alpha value is -4.06. The second-order valence-electron chi connectivity index (χ2n) is 8.19. The van der Waals surface area contributed by atoms with E-state index in [9.17, 15) is 19.8 Å². The molecule has 0 spiro atoms. The highest BCUT2D eigenvalue weighted by Crippen LogP contribution is 2.44. The molecule has 1 aliphatic heterocycles. The minimum atomic E-state index is -0.903. The van der Waals surface area contributed by atoms with Gasteiger partial charge in [-0.2, -0.15) is 0 Å². The van der Waals surface area contributed by atoms with E-state index in [0.717, 1.165) is 11.1 Å². The maximum atomic E-state index is 13.3. The number of carbonyl (C=O) groups excluding carboxylic acids is 2. The zero-order valence-corrected chi connectivity index (χ0v) is 18.9. The first kappa shape index (κ1) is 22.1. The number of aliphatic hydroxyl groups excluding tert-OH is 1. The fourth-order valence-corrected chi connectivity index (χ4v) is 4.33. The van der Waals surface area contributed by atoms with Gasteiger partial charge in [-0.25, -0.2) is 0 Å². The van der Waals surface area contributed by atoms with Gasteiger partial charge < -0.3 is 14.9 Å². The minimum Gasteiger partial charge on any atom is -0.508 e. The number of aliphatic hydroxyl groups is 1. The Labute approximate surface area is 192 Å². The van der Waals surface area contributed by atoms with Crippen LogP contribution < -0.4 is 9.64 Å². The fourth-order valence-electron chi connectivity index (χ4n) is 4.33. The van der Waals surface area contributed by atoms with Crippen molar-refractivity contribution in [1.82, 2.24) is 0 Å². The molecule has 4 rings (SSSR count). The standard InChI is InChI=1S/C27H25NO5/c1-15-8-5-6-11-21(15)28-24(18-9-7-10-19(29)14-18)23(26(31)27(28)32)25(30)20-12-17(3)22(33-4)13-16(20)2/h5-14,24,29-30H,1-4H3/b25-23+. The number of anilines is 1. The third-order valence-electron chi connectivity index (χ3n) is 6.00. The summed E-state index contributed by atoms with van der Waals surface area (Å²) in [4.78, 5) is 28.0. The molecule has 1 aliphatic rings. The van der Waals surface area contributed by atoms with Gasteiger partial charge in [-0.05, 0) is 73.4 Å². The van der Waals surface area contributed by atoms with Crippen LogP contribution in [0.4, 0.5) is 5.69 Å². The normalized spacial score (nSPS) is 17.5. The second kappa shape index (κ2) is 8.47. The molecule has 0 saturated carbocycles. The molecule has 1 atom stereocenters. The van der Waals surface area contributed by atoms with Gasteiger partial charge in [-0.3, -0.25) is 14.5 Å². The molecule has 6 nitrogen and oxygen atoms in total. The van der Waals surface area contributed by atoms with Gasteiger partial charge in [0.05, 0.1) is 18.7 Å². The SMILES string of the molecule is COc1cc(C)c(/C(O)=C2\C(=O)C(=O)N(c3ccccc3C)C2c2cccc(O)c2)cc1C. The average Bonchev–Trinajstić information content (AvgIpc) is 3.05. The number of aromatic hydroxyl groups is 1. The first-order valence-corrected chi connectivity index (χ1v) is 10.6. The number of hydrogen-bond acceptors (Lipinski definition) is 5. The van der Waals surface area contributed by atoms with Crippen LogP contribution in [0.15, 0.2) is 66.2 Å². The van der Waals surface area contributed by atoms with Gasteiger partial charge in [0, 0.05) is 11.3 Å². The lowest BCUT2D eigenvalue weighted by atomic mass is 9.92. The van der Waals surface area contributed by atoms with E-state index in [1.807, 2.05) is 26.0 Å². The molecule has 0 bridgehead atoms.